The molecule has 6 nitrogen and oxygen atoms in total. The highest BCUT2D eigenvalue weighted by Crippen LogP contribution is 2.18. The van der Waals surface area contributed by atoms with E-state index in [9.17, 15) is 0 Å². The van der Waals surface area contributed by atoms with Crippen LogP contribution in [-0.4, -0.2) is 42.6 Å². The molecule has 1 N–H and O–H groups in total. The van der Waals surface area contributed by atoms with Crippen LogP contribution in [-0.2, 0) is 6.54 Å². The van der Waals surface area contributed by atoms with Gasteiger partial charge in [0.2, 0.25) is 17.8 Å². The maximum atomic E-state index is 4.49. The van der Waals surface area contributed by atoms with Crippen molar-refractivity contribution in [3.05, 3.63) is 22.4 Å². The molecule has 20 heavy (non-hydrogen) atoms. The predicted octanol–water partition coefficient (Wildman–Crippen LogP) is 2.07. The van der Waals surface area contributed by atoms with Crippen LogP contribution in [0.2, 0.25) is 0 Å². The highest BCUT2D eigenvalue weighted by Gasteiger charge is 2.12. The van der Waals surface area contributed by atoms with Gasteiger partial charge in [0, 0.05) is 32.6 Å². The first-order valence-corrected chi connectivity index (χ1v) is 7.39. The van der Waals surface area contributed by atoms with E-state index in [1.165, 1.54) is 4.88 Å². The van der Waals surface area contributed by atoms with Gasteiger partial charge in [0.25, 0.3) is 0 Å². The molecular weight excluding hydrogens is 272 g/mol. The van der Waals surface area contributed by atoms with Crippen LogP contribution >= 0.6 is 11.3 Å². The van der Waals surface area contributed by atoms with E-state index in [-0.39, 0.29) is 0 Å². The van der Waals surface area contributed by atoms with Crippen LogP contribution in [0.3, 0.4) is 0 Å². The lowest BCUT2D eigenvalue weighted by atomic mass is 10.4. The first kappa shape index (κ1) is 14.5. The summed E-state index contributed by atoms with van der Waals surface area (Å²) in [7, 11) is 5.84. The second-order valence-electron chi connectivity index (χ2n) is 4.62. The van der Waals surface area contributed by atoms with Crippen molar-refractivity contribution in [3.8, 4) is 0 Å². The minimum atomic E-state index is 0.610. The summed E-state index contributed by atoms with van der Waals surface area (Å²) in [5.74, 6) is 1.94. The molecule has 0 amide bonds. The molecule has 0 unspecified atom stereocenters. The van der Waals surface area contributed by atoms with E-state index >= 15 is 0 Å². The molecule has 0 radical (unpaired) electrons. The number of nitrogens with one attached hydrogen (secondary N) is 1. The Morgan fingerprint density at radius 1 is 1.15 bits per heavy atom. The van der Waals surface area contributed by atoms with E-state index in [0.29, 0.717) is 17.8 Å². The molecule has 0 bridgehead atoms. The lowest BCUT2D eigenvalue weighted by molar-refractivity contribution is 0.849. The molecule has 0 aliphatic carbocycles. The lowest BCUT2D eigenvalue weighted by Crippen LogP contribution is -2.22. The van der Waals surface area contributed by atoms with Crippen molar-refractivity contribution in [3.63, 3.8) is 0 Å². The van der Waals surface area contributed by atoms with Crippen molar-refractivity contribution in [1.29, 1.82) is 0 Å². The van der Waals surface area contributed by atoms with Gasteiger partial charge in [0.1, 0.15) is 0 Å². The Balaban J connectivity index is 2.24. The molecule has 0 aromatic carbocycles. The molecule has 0 fully saturated rings. The van der Waals surface area contributed by atoms with Crippen LogP contribution in [0.4, 0.5) is 17.8 Å². The van der Waals surface area contributed by atoms with Gasteiger partial charge in [-0.3, -0.25) is 0 Å². The minimum absolute atomic E-state index is 0.610. The van der Waals surface area contributed by atoms with Crippen molar-refractivity contribution >= 4 is 29.2 Å². The number of hydrogen-bond donors (Lipinski definition) is 1. The standard InChI is InChI=1S/C13H20N6S/c1-5-14-11-15-12(18(2)3)17-13(16-11)19(4)9-10-7-6-8-20-10/h6-8H,5,9H2,1-4H3,(H,14,15,16,17). The third-order valence-electron chi connectivity index (χ3n) is 2.66. The number of nitrogens with zero attached hydrogens (tertiary/aromatic N) is 5. The number of anilines is 3. The first-order chi connectivity index (χ1) is 9.60. The van der Waals surface area contributed by atoms with E-state index in [2.05, 4.69) is 37.8 Å². The van der Waals surface area contributed by atoms with E-state index < -0.39 is 0 Å². The Hall–Kier alpha value is -1.89. The maximum absolute atomic E-state index is 4.49. The van der Waals surface area contributed by atoms with Crippen molar-refractivity contribution in [2.24, 2.45) is 0 Å². The Labute approximate surface area is 123 Å². The summed E-state index contributed by atoms with van der Waals surface area (Å²) >= 11 is 1.73. The number of thiophene rings is 1. The molecule has 0 aliphatic rings. The normalized spacial score (nSPS) is 10.4. The molecule has 0 saturated heterocycles. The van der Waals surface area contributed by atoms with E-state index in [4.69, 9.17) is 0 Å². The van der Waals surface area contributed by atoms with Gasteiger partial charge in [0.05, 0.1) is 6.54 Å². The fourth-order valence-electron chi connectivity index (χ4n) is 1.67. The van der Waals surface area contributed by atoms with Crippen LogP contribution in [0.5, 0.6) is 0 Å². The molecule has 108 valence electrons. The summed E-state index contributed by atoms with van der Waals surface area (Å²) in [5, 5.41) is 5.22. The second-order valence-corrected chi connectivity index (χ2v) is 5.65. The van der Waals surface area contributed by atoms with Gasteiger partial charge in [-0.15, -0.1) is 11.3 Å². The maximum Gasteiger partial charge on any atom is 0.232 e. The average molecular weight is 292 g/mol. The Kier molecular flexibility index (Phi) is 4.73. The molecule has 0 saturated carbocycles. The Morgan fingerprint density at radius 3 is 2.50 bits per heavy atom. The molecule has 2 aromatic heterocycles. The van der Waals surface area contributed by atoms with Crippen molar-refractivity contribution in [2.45, 2.75) is 13.5 Å². The van der Waals surface area contributed by atoms with Gasteiger partial charge < -0.3 is 15.1 Å². The van der Waals surface area contributed by atoms with Gasteiger partial charge in [-0.25, -0.2) is 0 Å². The van der Waals surface area contributed by atoms with Crippen LogP contribution in [0.25, 0.3) is 0 Å². The van der Waals surface area contributed by atoms with E-state index in [1.54, 1.807) is 11.3 Å². The molecule has 0 spiro atoms. The van der Waals surface area contributed by atoms with Crippen LogP contribution in [0, 0.1) is 0 Å². The third-order valence-corrected chi connectivity index (χ3v) is 3.52. The monoisotopic (exact) mass is 292 g/mol. The van der Waals surface area contributed by atoms with Crippen molar-refractivity contribution in [1.82, 2.24) is 15.0 Å². The summed E-state index contributed by atoms with van der Waals surface area (Å²) < 4.78 is 0. The van der Waals surface area contributed by atoms with Crippen LogP contribution in [0.1, 0.15) is 11.8 Å². The van der Waals surface area contributed by atoms with Crippen LogP contribution in [0.15, 0.2) is 17.5 Å². The molecule has 2 heterocycles. The number of rotatable bonds is 6. The zero-order chi connectivity index (χ0) is 14.5. The SMILES string of the molecule is CCNc1nc(N(C)C)nc(N(C)Cc2cccs2)n1. The molecule has 7 heteroatoms. The van der Waals surface area contributed by atoms with Gasteiger partial charge >= 0.3 is 0 Å². The molecular formula is C13H20N6S. The second kappa shape index (κ2) is 6.51. The Morgan fingerprint density at radius 2 is 1.90 bits per heavy atom. The third kappa shape index (κ3) is 3.57. The highest BCUT2D eigenvalue weighted by atomic mass is 32.1. The first-order valence-electron chi connectivity index (χ1n) is 6.51. The summed E-state index contributed by atoms with van der Waals surface area (Å²) in [6, 6.07) is 4.16. The molecule has 0 atom stereocenters. The van der Waals surface area contributed by atoms with Crippen LogP contribution < -0.4 is 15.1 Å². The number of aromatic nitrogens is 3. The predicted molar refractivity (Wildman–Crippen MR) is 84.7 cm³/mol. The van der Waals surface area contributed by atoms with Crippen molar-refractivity contribution < 1.29 is 0 Å². The van der Waals surface area contributed by atoms with E-state index in [0.717, 1.165) is 13.1 Å². The lowest BCUT2D eigenvalue weighted by Gasteiger charge is -2.19. The Bertz CT molecular complexity index is 540. The highest BCUT2D eigenvalue weighted by molar-refractivity contribution is 7.09. The van der Waals surface area contributed by atoms with Gasteiger partial charge in [0.15, 0.2) is 0 Å². The smallest absolute Gasteiger partial charge is 0.232 e. The molecule has 0 aliphatic heterocycles. The van der Waals surface area contributed by atoms with Gasteiger partial charge in [-0.1, -0.05) is 6.07 Å². The van der Waals surface area contributed by atoms with Gasteiger partial charge in [-0.05, 0) is 18.4 Å². The topological polar surface area (TPSA) is 57.2 Å². The average Bonchev–Trinajstić information content (AvgIpc) is 2.91. The summed E-state index contributed by atoms with van der Waals surface area (Å²) in [6.45, 7) is 3.60. The zero-order valence-electron chi connectivity index (χ0n) is 12.3. The fraction of sp³-hybridized carbons (Fsp3) is 0.462. The molecule has 2 aromatic rings. The minimum Gasteiger partial charge on any atom is -0.354 e. The summed E-state index contributed by atoms with van der Waals surface area (Å²) in [4.78, 5) is 18.5. The summed E-state index contributed by atoms with van der Waals surface area (Å²) in [5.41, 5.74) is 0. The summed E-state index contributed by atoms with van der Waals surface area (Å²) in [6.07, 6.45) is 0. The van der Waals surface area contributed by atoms with Gasteiger partial charge in [-0.2, -0.15) is 15.0 Å². The molecule has 2 rings (SSSR count). The largest absolute Gasteiger partial charge is 0.354 e. The van der Waals surface area contributed by atoms with E-state index in [1.807, 2.05) is 37.9 Å². The van der Waals surface area contributed by atoms with Crippen molar-refractivity contribution in [2.75, 3.05) is 42.8 Å². The number of hydrogen-bond acceptors (Lipinski definition) is 7. The zero-order valence-corrected chi connectivity index (χ0v) is 13.1. The quantitative estimate of drug-likeness (QED) is 0.879. The fourth-order valence-corrected chi connectivity index (χ4v) is 2.43.